The molecule has 5 atom stereocenters. The SMILES string of the molecule is CC1(S(=O)(=O)NC(=O)[C@@]23C[C@H]2/C=C\CCCCC[C@H](Nc2ccc(Cl)cc2)C(=O)N2C[C@H](O)C[C@H]2C(=O)N3)CC1. The zero-order valence-corrected chi connectivity index (χ0v) is 24.1. The topological polar surface area (TPSA) is 145 Å². The summed E-state index contributed by atoms with van der Waals surface area (Å²) < 4.78 is 26.9. The van der Waals surface area contributed by atoms with E-state index in [-0.39, 0.29) is 31.2 Å². The molecule has 3 fully saturated rings. The summed E-state index contributed by atoms with van der Waals surface area (Å²) in [6.45, 7) is 1.59. The fourth-order valence-electron chi connectivity index (χ4n) is 5.62. The Morgan fingerprint density at radius 3 is 2.58 bits per heavy atom. The minimum atomic E-state index is -3.90. The highest BCUT2D eigenvalue weighted by atomic mass is 35.5. The number of amides is 3. The number of hydrogen-bond acceptors (Lipinski definition) is 7. The predicted molar refractivity (Wildman–Crippen MR) is 151 cm³/mol. The number of fused-ring (bicyclic) bond motifs is 2. The molecule has 0 radical (unpaired) electrons. The van der Waals surface area contributed by atoms with E-state index in [1.54, 1.807) is 31.2 Å². The van der Waals surface area contributed by atoms with Crippen LogP contribution in [0.3, 0.4) is 0 Å². The van der Waals surface area contributed by atoms with Gasteiger partial charge in [-0.2, -0.15) is 0 Å². The number of anilines is 1. The van der Waals surface area contributed by atoms with E-state index in [0.29, 0.717) is 30.0 Å². The first-order chi connectivity index (χ1) is 18.9. The zero-order valence-electron chi connectivity index (χ0n) is 22.6. The fourth-order valence-corrected chi connectivity index (χ4v) is 7.06. The number of benzene rings is 1. The van der Waals surface area contributed by atoms with E-state index in [1.165, 1.54) is 4.90 Å². The van der Waals surface area contributed by atoms with Crippen LogP contribution >= 0.6 is 11.6 Å². The molecule has 40 heavy (non-hydrogen) atoms. The Balaban J connectivity index is 1.39. The summed E-state index contributed by atoms with van der Waals surface area (Å²) >= 11 is 6.02. The molecule has 1 saturated heterocycles. The maximum Gasteiger partial charge on any atom is 0.259 e. The van der Waals surface area contributed by atoms with Gasteiger partial charge in [0.25, 0.3) is 5.91 Å². The monoisotopic (exact) mass is 592 g/mol. The van der Waals surface area contributed by atoms with Crippen molar-refractivity contribution in [3.05, 3.63) is 41.4 Å². The smallest absolute Gasteiger partial charge is 0.259 e. The van der Waals surface area contributed by atoms with Gasteiger partial charge >= 0.3 is 0 Å². The van der Waals surface area contributed by atoms with Crippen molar-refractivity contribution in [2.24, 2.45) is 5.92 Å². The second-order valence-corrected chi connectivity index (χ2v) is 14.5. The molecule has 2 aliphatic carbocycles. The normalized spacial score (nSPS) is 32.9. The third-order valence-corrected chi connectivity index (χ3v) is 11.1. The zero-order chi connectivity index (χ0) is 28.7. The molecule has 10 nitrogen and oxygen atoms in total. The number of aliphatic hydroxyl groups excluding tert-OH is 1. The maximum atomic E-state index is 13.8. The number of carbonyl (C=O) groups excluding carboxylic acids is 3. The summed E-state index contributed by atoms with van der Waals surface area (Å²) in [5.41, 5.74) is -0.707. The van der Waals surface area contributed by atoms with Crippen LogP contribution in [-0.4, -0.2) is 71.2 Å². The number of carbonyl (C=O) groups is 3. The van der Waals surface area contributed by atoms with Crippen molar-refractivity contribution in [2.75, 3.05) is 11.9 Å². The molecule has 12 heteroatoms. The standard InChI is InChI=1S/C28H37ClN4O6S/c1-27(13-14-27)40(38,39)32-26(37)28-16-18(28)7-5-3-2-4-6-8-22(30-20-11-9-19(29)10-12-20)25(36)33-17-21(34)15-23(33)24(35)31-28/h5,7,9-12,18,21-23,30,34H,2-4,6,8,13-17H2,1H3,(H,31,35)(H,32,37)/b7-5-/t18-,21-,22+,23+,28-/m1/s1. The van der Waals surface area contributed by atoms with Gasteiger partial charge in [-0.25, -0.2) is 8.42 Å². The minimum Gasteiger partial charge on any atom is -0.391 e. The van der Waals surface area contributed by atoms with Crippen molar-refractivity contribution < 1.29 is 27.9 Å². The van der Waals surface area contributed by atoms with Gasteiger partial charge in [0.05, 0.1) is 10.9 Å². The molecule has 1 aromatic carbocycles. The molecule has 4 N–H and O–H groups in total. The number of rotatable bonds is 5. The van der Waals surface area contributed by atoms with Crippen molar-refractivity contribution in [2.45, 2.75) is 93.2 Å². The Morgan fingerprint density at radius 1 is 1.15 bits per heavy atom. The number of allylic oxidation sites excluding steroid dienone is 1. The van der Waals surface area contributed by atoms with Crippen LogP contribution in [0.25, 0.3) is 0 Å². The van der Waals surface area contributed by atoms with Crippen molar-refractivity contribution >= 4 is 45.0 Å². The third-order valence-electron chi connectivity index (χ3n) is 8.68. The van der Waals surface area contributed by atoms with Crippen LogP contribution in [0, 0.1) is 5.92 Å². The van der Waals surface area contributed by atoms with Crippen LogP contribution < -0.4 is 15.4 Å². The Kier molecular flexibility index (Phi) is 7.93. The highest BCUT2D eigenvalue weighted by Gasteiger charge is 2.63. The van der Waals surface area contributed by atoms with E-state index in [1.807, 2.05) is 12.2 Å². The molecule has 0 unspecified atom stereocenters. The molecule has 4 aliphatic rings. The number of sulfonamides is 1. The lowest BCUT2D eigenvalue weighted by Crippen LogP contribution is -2.58. The molecule has 5 rings (SSSR count). The predicted octanol–water partition coefficient (Wildman–Crippen LogP) is 2.48. The Labute approximate surface area is 239 Å². The summed E-state index contributed by atoms with van der Waals surface area (Å²) in [7, 11) is -3.90. The minimum absolute atomic E-state index is 0.00895. The van der Waals surface area contributed by atoms with Crippen molar-refractivity contribution in [3.63, 3.8) is 0 Å². The van der Waals surface area contributed by atoms with Crippen LogP contribution in [0.4, 0.5) is 5.69 Å². The Morgan fingerprint density at radius 2 is 1.88 bits per heavy atom. The van der Waals surface area contributed by atoms with E-state index in [0.717, 1.165) is 25.7 Å². The molecule has 3 amide bonds. The third kappa shape index (κ3) is 5.87. The molecule has 0 spiro atoms. The summed E-state index contributed by atoms with van der Waals surface area (Å²) in [5, 5.41) is 17.1. The lowest BCUT2D eigenvalue weighted by molar-refractivity contribution is -0.140. The van der Waals surface area contributed by atoms with Gasteiger partial charge in [0.2, 0.25) is 21.8 Å². The number of hydrogen-bond donors (Lipinski definition) is 4. The van der Waals surface area contributed by atoms with E-state index in [2.05, 4.69) is 15.4 Å². The van der Waals surface area contributed by atoms with E-state index in [4.69, 9.17) is 11.6 Å². The Hall–Kier alpha value is -2.63. The number of nitrogens with one attached hydrogen (secondary N) is 3. The van der Waals surface area contributed by atoms with E-state index in [9.17, 15) is 27.9 Å². The largest absolute Gasteiger partial charge is 0.391 e. The highest BCUT2D eigenvalue weighted by Crippen LogP contribution is 2.47. The molecule has 2 aliphatic heterocycles. The van der Waals surface area contributed by atoms with Crippen LogP contribution in [-0.2, 0) is 24.4 Å². The number of nitrogens with zero attached hydrogens (tertiary/aromatic N) is 1. The summed E-state index contributed by atoms with van der Waals surface area (Å²) in [5.74, 6) is -2.01. The van der Waals surface area contributed by atoms with Gasteiger partial charge in [0, 0.05) is 29.6 Å². The molecular weight excluding hydrogens is 556 g/mol. The average molecular weight is 593 g/mol. The average Bonchev–Trinajstić information content (AvgIpc) is 3.78. The molecule has 1 aromatic rings. The van der Waals surface area contributed by atoms with Crippen molar-refractivity contribution in [1.29, 1.82) is 0 Å². The number of aliphatic hydroxyl groups is 1. The van der Waals surface area contributed by atoms with E-state index < -0.39 is 50.3 Å². The van der Waals surface area contributed by atoms with Gasteiger partial charge in [-0.15, -0.1) is 0 Å². The maximum absolute atomic E-state index is 13.8. The van der Waals surface area contributed by atoms with Crippen LogP contribution in [0.2, 0.25) is 5.02 Å². The molecule has 2 saturated carbocycles. The summed E-state index contributed by atoms with van der Waals surface area (Å²) in [6, 6.07) is 5.40. The molecule has 0 bridgehead atoms. The number of halogens is 1. The van der Waals surface area contributed by atoms with Crippen molar-refractivity contribution in [1.82, 2.24) is 14.9 Å². The van der Waals surface area contributed by atoms with Gasteiger partial charge in [-0.05, 0) is 69.7 Å². The molecule has 218 valence electrons. The van der Waals surface area contributed by atoms with Crippen LogP contribution in [0.15, 0.2) is 36.4 Å². The molecular formula is C28H37ClN4O6S. The first-order valence-corrected chi connectivity index (χ1v) is 15.9. The first-order valence-electron chi connectivity index (χ1n) is 14.0. The Bertz CT molecular complexity index is 1300. The van der Waals surface area contributed by atoms with Crippen LogP contribution in [0.5, 0.6) is 0 Å². The van der Waals surface area contributed by atoms with Gasteiger partial charge in [0.15, 0.2) is 0 Å². The lowest BCUT2D eigenvalue weighted by atomic mass is 10.0. The van der Waals surface area contributed by atoms with Gasteiger partial charge in [0.1, 0.15) is 17.6 Å². The summed E-state index contributed by atoms with van der Waals surface area (Å²) in [4.78, 5) is 42.2. The van der Waals surface area contributed by atoms with Crippen LogP contribution in [0.1, 0.15) is 64.7 Å². The second-order valence-electron chi connectivity index (χ2n) is 11.8. The van der Waals surface area contributed by atoms with Gasteiger partial charge < -0.3 is 20.6 Å². The lowest BCUT2D eigenvalue weighted by Gasteiger charge is -2.30. The quantitative estimate of drug-likeness (QED) is 0.384. The molecule has 2 heterocycles. The highest BCUT2D eigenvalue weighted by molar-refractivity contribution is 7.91. The molecule has 0 aromatic heterocycles. The van der Waals surface area contributed by atoms with E-state index >= 15 is 0 Å². The first kappa shape index (κ1) is 28.9. The second kappa shape index (κ2) is 11.0. The van der Waals surface area contributed by atoms with Crippen molar-refractivity contribution in [3.8, 4) is 0 Å². The van der Waals surface area contributed by atoms with Gasteiger partial charge in [-0.1, -0.05) is 36.6 Å². The van der Waals surface area contributed by atoms with Gasteiger partial charge in [-0.3, -0.25) is 19.1 Å². The fraction of sp³-hybridized carbons (Fsp3) is 0.607. The summed E-state index contributed by atoms with van der Waals surface area (Å²) in [6.07, 6.45) is 8.04.